The second kappa shape index (κ2) is 16.1. The van der Waals surface area contributed by atoms with Gasteiger partial charge in [-0.25, -0.2) is 0 Å². The molecular weight excluding hydrogens is 607 g/mol. The molecule has 0 aliphatic heterocycles. The summed E-state index contributed by atoms with van der Waals surface area (Å²) in [5.74, 6) is -0.0485. The minimum absolute atomic E-state index is 0.0818. The molecule has 0 heterocycles. The van der Waals surface area contributed by atoms with Crippen molar-refractivity contribution in [2.75, 3.05) is 16.4 Å². The fourth-order valence-electron chi connectivity index (χ4n) is 4.55. The summed E-state index contributed by atoms with van der Waals surface area (Å²) in [6.07, 6.45) is 1.62. The number of carbonyl (C=O) groups is 3. The largest absolute Gasteiger partial charge is 0.489 e. The number of ether oxygens (including phenoxy) is 1. The molecule has 3 amide bonds. The van der Waals surface area contributed by atoms with Gasteiger partial charge in [-0.1, -0.05) is 72.8 Å². The number of carbonyl (C=O) groups excluding carboxylic acids is 3. The molecule has 0 bridgehead atoms. The van der Waals surface area contributed by atoms with Gasteiger partial charge in [-0.2, -0.15) is 0 Å². The number of hydrogen-bond acceptors (Lipinski definition) is 5. The molecule has 7 nitrogen and oxygen atoms in total. The van der Waals surface area contributed by atoms with Gasteiger partial charge in [-0.3, -0.25) is 14.4 Å². The summed E-state index contributed by atoms with van der Waals surface area (Å²) in [5, 5.41) is 8.60. The molecule has 5 aromatic rings. The van der Waals surface area contributed by atoms with Gasteiger partial charge in [0, 0.05) is 21.8 Å². The SMILES string of the molecule is Cc1ccc(C)c(NC(=O)CSc2ccc(NC(=O)/C(=C/c3ccc(OCc4ccccc4)cc3)NC(=O)c3ccccc3)cc2)c1. The Bertz CT molecular complexity index is 1860. The van der Waals surface area contributed by atoms with Gasteiger partial charge in [0.15, 0.2) is 0 Å². The molecule has 0 spiro atoms. The smallest absolute Gasteiger partial charge is 0.272 e. The molecule has 5 aromatic carbocycles. The first kappa shape index (κ1) is 32.8. The molecule has 3 N–H and O–H groups in total. The van der Waals surface area contributed by atoms with E-state index in [1.807, 2.05) is 105 Å². The van der Waals surface area contributed by atoms with Crippen molar-refractivity contribution < 1.29 is 19.1 Å². The van der Waals surface area contributed by atoms with Crippen molar-refractivity contribution in [2.24, 2.45) is 0 Å². The summed E-state index contributed by atoms with van der Waals surface area (Å²) in [7, 11) is 0. The normalized spacial score (nSPS) is 11.0. The number of rotatable bonds is 12. The van der Waals surface area contributed by atoms with E-state index in [4.69, 9.17) is 4.74 Å². The standard InChI is InChI=1S/C39H35N3O4S/c1-27-13-14-28(2)35(23-27)41-37(43)26-47-34-21-17-32(18-22-34)40-39(45)36(42-38(44)31-11-7-4-8-12-31)24-29-15-19-33(20-16-29)46-25-30-9-5-3-6-10-30/h3-24H,25-26H2,1-2H3,(H,40,45)(H,41,43)(H,42,44)/b36-24-. The molecule has 0 aliphatic carbocycles. The van der Waals surface area contributed by atoms with Crippen LogP contribution in [0.15, 0.2) is 138 Å². The summed E-state index contributed by atoms with van der Waals surface area (Å²) in [6.45, 7) is 4.39. The van der Waals surface area contributed by atoms with E-state index in [1.54, 1.807) is 42.5 Å². The molecule has 0 aliphatic rings. The molecule has 0 unspecified atom stereocenters. The minimum Gasteiger partial charge on any atom is -0.489 e. The van der Waals surface area contributed by atoms with Crippen LogP contribution in [0, 0.1) is 13.8 Å². The van der Waals surface area contributed by atoms with Crippen molar-refractivity contribution in [1.29, 1.82) is 0 Å². The Morgan fingerprint density at radius 1 is 0.745 bits per heavy atom. The quantitative estimate of drug-likeness (QED) is 0.0947. The number of benzene rings is 5. The Morgan fingerprint density at radius 2 is 1.43 bits per heavy atom. The van der Waals surface area contributed by atoms with Crippen LogP contribution < -0.4 is 20.7 Å². The van der Waals surface area contributed by atoms with Gasteiger partial charge in [-0.05, 0) is 96.8 Å². The highest BCUT2D eigenvalue weighted by molar-refractivity contribution is 8.00. The molecular formula is C39H35N3O4S. The molecule has 8 heteroatoms. The zero-order valence-electron chi connectivity index (χ0n) is 26.2. The van der Waals surface area contributed by atoms with Crippen LogP contribution in [0.4, 0.5) is 11.4 Å². The van der Waals surface area contributed by atoms with E-state index in [-0.39, 0.29) is 17.4 Å². The lowest BCUT2D eigenvalue weighted by molar-refractivity contribution is -0.114. The van der Waals surface area contributed by atoms with E-state index < -0.39 is 11.8 Å². The number of thioether (sulfide) groups is 1. The van der Waals surface area contributed by atoms with Crippen LogP contribution in [0.2, 0.25) is 0 Å². The van der Waals surface area contributed by atoms with Gasteiger partial charge in [-0.15, -0.1) is 11.8 Å². The lowest BCUT2D eigenvalue weighted by Crippen LogP contribution is -2.30. The maximum absolute atomic E-state index is 13.5. The average molecular weight is 642 g/mol. The van der Waals surface area contributed by atoms with Crippen LogP contribution in [0.3, 0.4) is 0 Å². The van der Waals surface area contributed by atoms with Crippen molar-refractivity contribution in [2.45, 2.75) is 25.3 Å². The van der Waals surface area contributed by atoms with Crippen LogP contribution >= 0.6 is 11.8 Å². The van der Waals surface area contributed by atoms with Gasteiger partial charge in [0.05, 0.1) is 5.75 Å². The topological polar surface area (TPSA) is 96.5 Å². The molecule has 0 saturated carbocycles. The van der Waals surface area contributed by atoms with Crippen molar-refractivity contribution in [3.8, 4) is 5.75 Å². The predicted molar refractivity (Wildman–Crippen MR) is 189 cm³/mol. The van der Waals surface area contributed by atoms with E-state index >= 15 is 0 Å². The second-order valence-corrected chi connectivity index (χ2v) is 11.9. The molecule has 0 atom stereocenters. The van der Waals surface area contributed by atoms with Gasteiger partial charge in [0.25, 0.3) is 11.8 Å². The second-order valence-electron chi connectivity index (χ2n) is 10.9. The summed E-state index contributed by atoms with van der Waals surface area (Å²) >= 11 is 1.40. The van der Waals surface area contributed by atoms with E-state index in [0.717, 1.165) is 27.3 Å². The van der Waals surface area contributed by atoms with Crippen molar-refractivity contribution in [1.82, 2.24) is 5.32 Å². The summed E-state index contributed by atoms with van der Waals surface area (Å²) in [5.41, 5.74) is 5.72. The fourth-order valence-corrected chi connectivity index (χ4v) is 5.25. The van der Waals surface area contributed by atoms with Crippen LogP contribution in [0.5, 0.6) is 5.75 Å². The van der Waals surface area contributed by atoms with Crippen LogP contribution in [0.25, 0.3) is 6.08 Å². The van der Waals surface area contributed by atoms with Gasteiger partial charge in [0.2, 0.25) is 5.91 Å². The van der Waals surface area contributed by atoms with Gasteiger partial charge in [0.1, 0.15) is 18.1 Å². The zero-order valence-corrected chi connectivity index (χ0v) is 27.0. The Hall–Kier alpha value is -5.60. The first-order valence-corrected chi connectivity index (χ1v) is 16.1. The molecule has 5 rings (SSSR count). The van der Waals surface area contributed by atoms with Gasteiger partial charge >= 0.3 is 0 Å². The highest BCUT2D eigenvalue weighted by Gasteiger charge is 2.15. The number of hydrogen-bond donors (Lipinski definition) is 3. The van der Waals surface area contributed by atoms with Crippen molar-refractivity contribution in [3.63, 3.8) is 0 Å². The van der Waals surface area contributed by atoms with Crippen LogP contribution in [0.1, 0.15) is 32.6 Å². The van der Waals surface area contributed by atoms with E-state index in [9.17, 15) is 14.4 Å². The van der Waals surface area contributed by atoms with E-state index in [1.165, 1.54) is 11.8 Å². The van der Waals surface area contributed by atoms with Gasteiger partial charge < -0.3 is 20.7 Å². The first-order chi connectivity index (χ1) is 22.8. The fraction of sp³-hybridized carbons (Fsp3) is 0.103. The molecule has 0 saturated heterocycles. The van der Waals surface area contributed by atoms with Crippen LogP contribution in [-0.4, -0.2) is 23.5 Å². The third-order valence-corrected chi connectivity index (χ3v) is 8.13. The van der Waals surface area contributed by atoms with E-state index in [0.29, 0.717) is 29.2 Å². The monoisotopic (exact) mass is 641 g/mol. The van der Waals surface area contributed by atoms with Crippen molar-refractivity contribution in [3.05, 3.63) is 161 Å². The molecule has 236 valence electrons. The number of anilines is 2. The lowest BCUT2D eigenvalue weighted by Gasteiger charge is -2.12. The molecule has 47 heavy (non-hydrogen) atoms. The molecule has 0 radical (unpaired) electrons. The number of nitrogens with one attached hydrogen (secondary N) is 3. The van der Waals surface area contributed by atoms with Crippen molar-refractivity contribution >= 4 is 46.9 Å². The third kappa shape index (κ3) is 9.94. The number of amides is 3. The molecule has 0 fully saturated rings. The maximum atomic E-state index is 13.5. The summed E-state index contributed by atoms with van der Waals surface area (Å²) < 4.78 is 5.88. The van der Waals surface area contributed by atoms with Crippen LogP contribution in [-0.2, 0) is 16.2 Å². The Kier molecular flexibility index (Phi) is 11.2. The Balaban J connectivity index is 1.23. The highest BCUT2D eigenvalue weighted by atomic mass is 32.2. The Morgan fingerprint density at radius 3 is 2.13 bits per heavy atom. The summed E-state index contributed by atoms with van der Waals surface area (Å²) in [6, 6.07) is 39.0. The van der Waals surface area contributed by atoms with E-state index in [2.05, 4.69) is 16.0 Å². The predicted octanol–water partition coefficient (Wildman–Crippen LogP) is 8.02. The zero-order chi connectivity index (χ0) is 33.0. The maximum Gasteiger partial charge on any atom is 0.272 e. The summed E-state index contributed by atoms with van der Waals surface area (Å²) in [4.78, 5) is 39.9. The lowest BCUT2D eigenvalue weighted by atomic mass is 10.1. The third-order valence-electron chi connectivity index (χ3n) is 7.12. The number of aryl methyl sites for hydroxylation is 2. The Labute approximate surface area is 279 Å². The first-order valence-electron chi connectivity index (χ1n) is 15.1. The molecule has 0 aromatic heterocycles. The average Bonchev–Trinajstić information content (AvgIpc) is 3.09. The highest BCUT2D eigenvalue weighted by Crippen LogP contribution is 2.23. The minimum atomic E-state index is -0.480.